The molecular formula is C43H50O4. The minimum absolute atomic E-state index is 0.146. The summed E-state index contributed by atoms with van der Waals surface area (Å²) in [6.07, 6.45) is 10.9. The summed E-state index contributed by atoms with van der Waals surface area (Å²) >= 11 is 0. The number of fused-ring (bicyclic) bond motifs is 5. The minimum Gasteiger partial charge on any atom is -0.448 e. The van der Waals surface area contributed by atoms with Gasteiger partial charge in [0.15, 0.2) is 17.3 Å². The van der Waals surface area contributed by atoms with Crippen molar-refractivity contribution >= 4 is 5.78 Å². The SMILES string of the molecule is CC#C[C@]1(O)CC[C@H]2[C@@H]3CCC4=CC(=O)CCC4=C3[C@@H](c3ccc(-c4ccc5c(c4)OC4(CC(C)(C)CC(C)(C)C4)O5)cc3)C[C@@]21C. The lowest BCUT2D eigenvalue weighted by atomic mass is 9.51. The van der Waals surface area contributed by atoms with Crippen LogP contribution in [0.15, 0.2) is 65.3 Å². The number of allylic oxidation sites excluding steroid dienone is 4. The van der Waals surface area contributed by atoms with E-state index in [2.05, 4.69) is 88.9 Å². The summed E-state index contributed by atoms with van der Waals surface area (Å²) in [6, 6.07) is 15.5. The second kappa shape index (κ2) is 10.4. The lowest BCUT2D eigenvalue weighted by molar-refractivity contribution is -0.165. The Balaban J connectivity index is 1.13. The molecule has 1 aliphatic heterocycles. The molecule has 246 valence electrons. The summed E-state index contributed by atoms with van der Waals surface area (Å²) in [6.45, 7) is 13.5. The average molecular weight is 631 g/mol. The molecule has 0 unspecified atom stereocenters. The summed E-state index contributed by atoms with van der Waals surface area (Å²) in [7, 11) is 0. The molecule has 0 saturated heterocycles. The lowest BCUT2D eigenvalue weighted by Crippen LogP contribution is -2.51. The molecule has 5 aliphatic carbocycles. The maximum absolute atomic E-state index is 12.4. The van der Waals surface area contributed by atoms with Crippen molar-refractivity contribution in [3.05, 3.63) is 70.8 Å². The molecule has 4 heteroatoms. The number of carbonyl (C=O) groups is 1. The molecule has 5 atom stereocenters. The predicted octanol–water partition coefficient (Wildman–Crippen LogP) is 9.71. The van der Waals surface area contributed by atoms with Crippen LogP contribution in [0.5, 0.6) is 11.5 Å². The van der Waals surface area contributed by atoms with Gasteiger partial charge in [0.05, 0.1) is 0 Å². The first-order valence-electron chi connectivity index (χ1n) is 18.0. The quantitative estimate of drug-likeness (QED) is 0.336. The zero-order chi connectivity index (χ0) is 33.0. The Kier molecular flexibility index (Phi) is 6.83. The zero-order valence-electron chi connectivity index (χ0n) is 29.1. The van der Waals surface area contributed by atoms with Crippen molar-refractivity contribution in [1.29, 1.82) is 0 Å². The van der Waals surface area contributed by atoms with Gasteiger partial charge in [-0.1, -0.05) is 76.4 Å². The third-order valence-corrected chi connectivity index (χ3v) is 12.9. The molecule has 8 rings (SSSR count). The third kappa shape index (κ3) is 4.94. The van der Waals surface area contributed by atoms with Crippen LogP contribution in [0, 0.1) is 39.9 Å². The Morgan fingerprint density at radius 1 is 0.830 bits per heavy atom. The number of ketones is 1. The summed E-state index contributed by atoms with van der Waals surface area (Å²) in [5, 5.41) is 12.0. The van der Waals surface area contributed by atoms with Crippen LogP contribution in [0.1, 0.15) is 117 Å². The number of ether oxygens (including phenoxy) is 2. The highest BCUT2D eigenvalue weighted by Gasteiger charge is 2.62. The van der Waals surface area contributed by atoms with Crippen LogP contribution in [-0.2, 0) is 4.79 Å². The molecule has 0 bridgehead atoms. The van der Waals surface area contributed by atoms with Gasteiger partial charge in [-0.05, 0) is 121 Å². The van der Waals surface area contributed by atoms with Gasteiger partial charge in [-0.25, -0.2) is 0 Å². The minimum atomic E-state index is -0.966. The molecule has 0 amide bonds. The average Bonchev–Trinajstić information content (AvgIpc) is 3.46. The normalized spacial score (nSPS) is 34.1. The van der Waals surface area contributed by atoms with Crippen LogP contribution in [0.3, 0.4) is 0 Å². The van der Waals surface area contributed by atoms with E-state index in [0.29, 0.717) is 18.3 Å². The maximum Gasteiger partial charge on any atom is 0.252 e. The van der Waals surface area contributed by atoms with Crippen molar-refractivity contribution in [3.8, 4) is 34.5 Å². The Labute approximate surface area is 281 Å². The van der Waals surface area contributed by atoms with Crippen molar-refractivity contribution in [1.82, 2.24) is 0 Å². The van der Waals surface area contributed by atoms with Gasteiger partial charge in [-0.15, -0.1) is 5.92 Å². The van der Waals surface area contributed by atoms with Crippen molar-refractivity contribution in [3.63, 3.8) is 0 Å². The highest BCUT2D eigenvalue weighted by atomic mass is 16.7. The molecule has 47 heavy (non-hydrogen) atoms. The van der Waals surface area contributed by atoms with Gasteiger partial charge in [0, 0.05) is 30.6 Å². The van der Waals surface area contributed by atoms with Crippen molar-refractivity contribution in [2.45, 2.75) is 123 Å². The molecule has 1 heterocycles. The molecular weight excluding hydrogens is 580 g/mol. The van der Waals surface area contributed by atoms with Gasteiger partial charge in [0.25, 0.3) is 5.79 Å². The Hall–Kier alpha value is -3.29. The van der Waals surface area contributed by atoms with E-state index in [9.17, 15) is 9.90 Å². The first-order valence-corrected chi connectivity index (χ1v) is 18.0. The van der Waals surface area contributed by atoms with E-state index < -0.39 is 11.4 Å². The third-order valence-electron chi connectivity index (χ3n) is 12.9. The number of carbonyl (C=O) groups excluding carboxylic acids is 1. The van der Waals surface area contributed by atoms with Gasteiger partial charge < -0.3 is 14.6 Å². The summed E-state index contributed by atoms with van der Waals surface area (Å²) < 4.78 is 13.3. The van der Waals surface area contributed by atoms with E-state index in [-0.39, 0.29) is 27.9 Å². The first-order chi connectivity index (χ1) is 22.2. The standard InChI is InChI=1S/C43H50O4/c1-7-19-42(45)20-18-35-33-15-12-30-21-31(44)14-16-32(30)38(33)34(23-41(35,42)6)28-10-8-27(9-11-28)29-13-17-36-37(22-29)47-43(46-36)25-39(2,3)24-40(4,5)26-43/h8-11,13,17,21-22,33-35,45H,12,14-16,18,20,23-26H2,1-6H3/t33-,34+,35-,41-,42-/m0/s1. The van der Waals surface area contributed by atoms with Gasteiger partial charge >= 0.3 is 0 Å². The first kappa shape index (κ1) is 31.0. The second-order valence-corrected chi connectivity index (χ2v) is 17.5. The molecule has 2 aromatic carbocycles. The molecule has 1 N–H and O–H groups in total. The lowest BCUT2D eigenvalue weighted by Gasteiger charge is -2.53. The Bertz CT molecular complexity index is 1760. The number of hydrogen-bond donors (Lipinski definition) is 1. The molecule has 2 aromatic rings. The number of aliphatic hydroxyl groups is 1. The molecule has 4 nitrogen and oxygen atoms in total. The smallest absolute Gasteiger partial charge is 0.252 e. The highest BCUT2D eigenvalue weighted by molar-refractivity contribution is 5.93. The highest BCUT2D eigenvalue weighted by Crippen LogP contribution is 2.66. The predicted molar refractivity (Wildman–Crippen MR) is 186 cm³/mol. The van der Waals surface area contributed by atoms with Crippen LogP contribution < -0.4 is 9.47 Å². The van der Waals surface area contributed by atoms with Crippen LogP contribution in [-0.4, -0.2) is 22.3 Å². The van der Waals surface area contributed by atoms with Crippen LogP contribution in [0.2, 0.25) is 0 Å². The Morgan fingerprint density at radius 3 is 2.26 bits per heavy atom. The zero-order valence-corrected chi connectivity index (χ0v) is 29.1. The van der Waals surface area contributed by atoms with E-state index in [4.69, 9.17) is 9.47 Å². The van der Waals surface area contributed by atoms with E-state index in [1.165, 1.54) is 16.7 Å². The fourth-order valence-corrected chi connectivity index (χ4v) is 11.6. The Morgan fingerprint density at radius 2 is 1.53 bits per heavy atom. The molecule has 0 aromatic heterocycles. The van der Waals surface area contributed by atoms with Crippen LogP contribution in [0.25, 0.3) is 11.1 Å². The van der Waals surface area contributed by atoms with Crippen LogP contribution >= 0.6 is 0 Å². The summed E-state index contributed by atoms with van der Waals surface area (Å²) in [5.41, 5.74) is 6.87. The van der Waals surface area contributed by atoms with E-state index in [0.717, 1.165) is 80.4 Å². The number of benzene rings is 2. The van der Waals surface area contributed by atoms with Gasteiger partial charge in [0.1, 0.15) is 5.60 Å². The maximum atomic E-state index is 12.4. The summed E-state index contributed by atoms with van der Waals surface area (Å²) in [4.78, 5) is 12.4. The van der Waals surface area contributed by atoms with Crippen molar-refractivity contribution in [2.75, 3.05) is 0 Å². The monoisotopic (exact) mass is 630 g/mol. The summed E-state index contributed by atoms with van der Waals surface area (Å²) in [5.74, 6) is 8.73. The fraction of sp³-hybridized carbons (Fsp3) is 0.558. The largest absolute Gasteiger partial charge is 0.448 e. The van der Waals surface area contributed by atoms with E-state index >= 15 is 0 Å². The fourth-order valence-electron chi connectivity index (χ4n) is 11.6. The van der Waals surface area contributed by atoms with Gasteiger partial charge in [0.2, 0.25) is 0 Å². The van der Waals surface area contributed by atoms with E-state index in [1.54, 1.807) is 5.57 Å². The van der Waals surface area contributed by atoms with Gasteiger partial charge in [-0.3, -0.25) is 4.79 Å². The molecule has 6 aliphatic rings. The van der Waals surface area contributed by atoms with Crippen molar-refractivity contribution < 1.29 is 19.4 Å². The molecule has 3 saturated carbocycles. The van der Waals surface area contributed by atoms with Crippen molar-refractivity contribution in [2.24, 2.45) is 28.1 Å². The number of rotatable bonds is 2. The van der Waals surface area contributed by atoms with E-state index in [1.807, 2.05) is 13.0 Å². The second-order valence-electron chi connectivity index (χ2n) is 17.5. The topological polar surface area (TPSA) is 55.8 Å². The van der Waals surface area contributed by atoms with Crippen LogP contribution in [0.4, 0.5) is 0 Å². The molecule has 0 radical (unpaired) electrons. The van der Waals surface area contributed by atoms with Gasteiger partial charge in [-0.2, -0.15) is 0 Å². The molecule has 1 spiro atoms. The number of hydrogen-bond acceptors (Lipinski definition) is 4. The molecule has 3 fully saturated rings.